The van der Waals surface area contributed by atoms with Crippen LogP contribution in [0.1, 0.15) is 18.2 Å². The van der Waals surface area contributed by atoms with Crippen molar-refractivity contribution >= 4 is 37.3 Å². The SMILES string of the molecule is CC[C@@H](CO)NS(=O)(=O)c1cc(Br)sc1C. The molecular weight excluding hydrogens is 314 g/mol. The first kappa shape index (κ1) is 14.1. The molecule has 0 aliphatic carbocycles. The van der Waals surface area contributed by atoms with E-state index in [1.807, 2.05) is 6.92 Å². The van der Waals surface area contributed by atoms with Crippen LogP contribution >= 0.6 is 27.3 Å². The van der Waals surface area contributed by atoms with E-state index in [0.29, 0.717) is 6.42 Å². The van der Waals surface area contributed by atoms with Gasteiger partial charge in [0.15, 0.2) is 0 Å². The Bertz CT molecular complexity index is 451. The van der Waals surface area contributed by atoms with Crippen LogP contribution in [0.4, 0.5) is 0 Å². The van der Waals surface area contributed by atoms with Gasteiger partial charge in [-0.3, -0.25) is 0 Å². The summed E-state index contributed by atoms with van der Waals surface area (Å²) in [4.78, 5) is 1.00. The maximum atomic E-state index is 12.0. The van der Waals surface area contributed by atoms with Crippen molar-refractivity contribution in [1.29, 1.82) is 0 Å². The molecule has 2 N–H and O–H groups in total. The molecule has 0 aliphatic heterocycles. The molecule has 0 saturated carbocycles. The summed E-state index contributed by atoms with van der Waals surface area (Å²) in [5, 5.41) is 8.98. The van der Waals surface area contributed by atoms with Crippen molar-refractivity contribution in [3.63, 3.8) is 0 Å². The number of aryl methyl sites for hydroxylation is 1. The maximum absolute atomic E-state index is 12.0. The summed E-state index contributed by atoms with van der Waals surface area (Å²) in [6, 6.07) is 1.15. The van der Waals surface area contributed by atoms with Crippen molar-refractivity contribution in [2.24, 2.45) is 0 Å². The number of aliphatic hydroxyl groups excluding tert-OH is 1. The minimum atomic E-state index is -3.52. The molecule has 1 atom stereocenters. The molecule has 0 spiro atoms. The molecule has 92 valence electrons. The molecule has 0 saturated heterocycles. The van der Waals surface area contributed by atoms with Crippen LogP contribution in [0.5, 0.6) is 0 Å². The van der Waals surface area contributed by atoms with E-state index in [1.165, 1.54) is 11.3 Å². The first-order valence-corrected chi connectivity index (χ1v) is 7.89. The maximum Gasteiger partial charge on any atom is 0.242 e. The van der Waals surface area contributed by atoms with E-state index in [4.69, 9.17) is 5.11 Å². The van der Waals surface area contributed by atoms with Gasteiger partial charge in [-0.25, -0.2) is 13.1 Å². The van der Waals surface area contributed by atoms with Crippen molar-refractivity contribution in [1.82, 2.24) is 4.72 Å². The van der Waals surface area contributed by atoms with Crippen LogP contribution < -0.4 is 4.72 Å². The van der Waals surface area contributed by atoms with Crippen LogP contribution in [0, 0.1) is 6.92 Å². The lowest BCUT2D eigenvalue weighted by molar-refractivity contribution is 0.254. The highest BCUT2D eigenvalue weighted by molar-refractivity contribution is 9.11. The molecule has 0 fully saturated rings. The van der Waals surface area contributed by atoms with Gasteiger partial charge in [0.25, 0.3) is 0 Å². The molecule has 1 rings (SSSR count). The van der Waals surface area contributed by atoms with E-state index in [2.05, 4.69) is 20.7 Å². The molecule has 0 aromatic carbocycles. The van der Waals surface area contributed by atoms with Crippen molar-refractivity contribution in [2.45, 2.75) is 31.2 Å². The Kier molecular flexibility index (Phi) is 4.93. The third-order valence-electron chi connectivity index (χ3n) is 2.17. The predicted molar refractivity (Wildman–Crippen MR) is 68.2 cm³/mol. The largest absolute Gasteiger partial charge is 0.395 e. The van der Waals surface area contributed by atoms with Gasteiger partial charge in [0.05, 0.1) is 15.3 Å². The summed E-state index contributed by atoms with van der Waals surface area (Å²) in [5.74, 6) is 0. The second-order valence-electron chi connectivity index (χ2n) is 3.38. The lowest BCUT2D eigenvalue weighted by Crippen LogP contribution is -2.36. The first-order valence-electron chi connectivity index (χ1n) is 4.79. The fourth-order valence-electron chi connectivity index (χ4n) is 1.23. The van der Waals surface area contributed by atoms with Gasteiger partial charge in [-0.15, -0.1) is 11.3 Å². The molecule has 16 heavy (non-hydrogen) atoms. The summed E-state index contributed by atoms with van der Waals surface area (Å²) in [6.07, 6.45) is 0.556. The average molecular weight is 328 g/mol. The lowest BCUT2D eigenvalue weighted by atomic mass is 10.3. The topological polar surface area (TPSA) is 66.4 Å². The number of hydrogen-bond donors (Lipinski definition) is 2. The highest BCUT2D eigenvalue weighted by Crippen LogP contribution is 2.29. The number of halogens is 1. The van der Waals surface area contributed by atoms with Crippen LogP contribution in [-0.4, -0.2) is 26.2 Å². The summed E-state index contributed by atoms with van der Waals surface area (Å²) in [5.41, 5.74) is 0. The Morgan fingerprint density at radius 1 is 1.62 bits per heavy atom. The normalized spacial score (nSPS) is 14.0. The van der Waals surface area contributed by atoms with Crippen LogP contribution in [0.3, 0.4) is 0 Å². The Morgan fingerprint density at radius 2 is 2.25 bits per heavy atom. The van der Waals surface area contributed by atoms with Gasteiger partial charge in [-0.2, -0.15) is 0 Å². The molecule has 7 heteroatoms. The number of nitrogens with one attached hydrogen (secondary N) is 1. The number of rotatable bonds is 5. The van der Waals surface area contributed by atoms with Gasteiger partial charge >= 0.3 is 0 Å². The Morgan fingerprint density at radius 3 is 2.62 bits per heavy atom. The van der Waals surface area contributed by atoms with Crippen LogP contribution in [0.25, 0.3) is 0 Å². The average Bonchev–Trinajstić information content (AvgIpc) is 2.55. The van der Waals surface area contributed by atoms with Crippen LogP contribution in [0.15, 0.2) is 14.7 Å². The van der Waals surface area contributed by atoms with Gasteiger partial charge in [-0.05, 0) is 35.3 Å². The molecule has 0 bridgehead atoms. The standard InChI is InChI=1S/C9H14BrNO3S2/c1-3-7(5-12)11-16(13,14)8-4-9(10)15-6(8)2/h4,7,11-12H,3,5H2,1-2H3/t7-/m0/s1. The molecule has 0 amide bonds. The van der Waals surface area contributed by atoms with Crippen LogP contribution in [0.2, 0.25) is 0 Å². The highest BCUT2D eigenvalue weighted by atomic mass is 79.9. The Balaban J connectivity index is 2.98. The van der Waals surface area contributed by atoms with E-state index in [9.17, 15) is 8.42 Å². The quantitative estimate of drug-likeness (QED) is 0.867. The molecular formula is C9H14BrNO3S2. The molecule has 0 aliphatic rings. The smallest absolute Gasteiger partial charge is 0.242 e. The summed E-state index contributed by atoms with van der Waals surface area (Å²) >= 11 is 4.63. The van der Waals surface area contributed by atoms with E-state index in [0.717, 1.165) is 8.66 Å². The zero-order valence-corrected chi connectivity index (χ0v) is 12.2. The van der Waals surface area contributed by atoms with Crippen molar-refractivity contribution in [3.8, 4) is 0 Å². The molecule has 0 radical (unpaired) electrons. The van der Waals surface area contributed by atoms with E-state index in [1.54, 1.807) is 13.0 Å². The molecule has 0 unspecified atom stereocenters. The minimum absolute atomic E-state index is 0.194. The summed E-state index contributed by atoms with van der Waals surface area (Å²) in [6.45, 7) is 3.38. The Hall–Kier alpha value is 0.0500. The summed E-state index contributed by atoms with van der Waals surface area (Å²) < 4.78 is 27.2. The number of hydrogen-bond acceptors (Lipinski definition) is 4. The first-order chi connectivity index (χ1) is 7.40. The fraction of sp³-hybridized carbons (Fsp3) is 0.556. The third kappa shape index (κ3) is 3.27. The van der Waals surface area contributed by atoms with Crippen molar-refractivity contribution in [2.75, 3.05) is 6.61 Å². The zero-order valence-electron chi connectivity index (χ0n) is 9.03. The monoisotopic (exact) mass is 327 g/mol. The molecule has 1 heterocycles. The van der Waals surface area contributed by atoms with Crippen molar-refractivity contribution in [3.05, 3.63) is 14.7 Å². The fourth-order valence-corrected chi connectivity index (χ4v) is 4.95. The van der Waals surface area contributed by atoms with Gasteiger partial charge in [-0.1, -0.05) is 6.92 Å². The van der Waals surface area contributed by atoms with Crippen molar-refractivity contribution < 1.29 is 13.5 Å². The van der Waals surface area contributed by atoms with E-state index in [-0.39, 0.29) is 11.5 Å². The number of aliphatic hydroxyl groups is 1. The molecule has 1 aromatic heterocycles. The summed E-state index contributed by atoms with van der Waals surface area (Å²) in [7, 11) is -3.52. The second kappa shape index (κ2) is 5.59. The minimum Gasteiger partial charge on any atom is -0.395 e. The zero-order chi connectivity index (χ0) is 12.3. The third-order valence-corrected chi connectivity index (χ3v) is 5.50. The van der Waals surface area contributed by atoms with Gasteiger partial charge in [0.2, 0.25) is 10.0 Å². The second-order valence-corrected chi connectivity index (χ2v) is 7.70. The number of thiophene rings is 1. The van der Waals surface area contributed by atoms with Crippen LogP contribution in [-0.2, 0) is 10.0 Å². The predicted octanol–water partition coefficient (Wildman–Crippen LogP) is 1.87. The van der Waals surface area contributed by atoms with Gasteiger partial charge in [0.1, 0.15) is 0 Å². The van der Waals surface area contributed by atoms with E-state index < -0.39 is 16.1 Å². The van der Waals surface area contributed by atoms with E-state index >= 15 is 0 Å². The van der Waals surface area contributed by atoms with Gasteiger partial charge < -0.3 is 5.11 Å². The molecule has 4 nitrogen and oxygen atoms in total. The molecule has 1 aromatic rings. The van der Waals surface area contributed by atoms with Gasteiger partial charge in [0, 0.05) is 10.9 Å². The Labute approximate surface area is 108 Å². The lowest BCUT2D eigenvalue weighted by Gasteiger charge is -2.13. The highest BCUT2D eigenvalue weighted by Gasteiger charge is 2.22. The number of sulfonamides is 1.